The molecule has 0 aliphatic carbocycles. The van der Waals surface area contributed by atoms with E-state index in [4.69, 9.17) is 33.2 Å². The maximum absolute atomic E-state index is 14.5. The molecule has 1 atom stereocenters. The molecule has 8 rings (SSSR count). The van der Waals surface area contributed by atoms with Crippen molar-refractivity contribution in [2.24, 2.45) is 0 Å². The average Bonchev–Trinajstić information content (AvgIpc) is 0.830. The predicted octanol–water partition coefficient (Wildman–Crippen LogP) is 4.12. The van der Waals surface area contributed by atoms with Crippen molar-refractivity contribution >= 4 is 47.3 Å². The molecular weight excluding hydrogens is 1400 g/mol. The molecule has 8 bridgehead atoms. The predicted molar refractivity (Wildman–Crippen MR) is 413 cm³/mol. The van der Waals surface area contributed by atoms with Gasteiger partial charge in [0.15, 0.2) is 0 Å². The Balaban J connectivity index is 1.02. The van der Waals surface area contributed by atoms with Crippen LogP contribution in [-0.4, -0.2) is 276 Å². The van der Waals surface area contributed by atoms with E-state index in [2.05, 4.69) is 47.4 Å². The Bertz CT molecular complexity index is 3860. The quantitative estimate of drug-likeness (QED) is 0.0328. The molecule has 9 N–H and O–H groups in total. The van der Waals surface area contributed by atoms with Crippen LogP contribution in [-0.2, 0) is 36.9 Å². The number of methoxy groups -OCH3 is 1. The third-order valence-electron chi connectivity index (χ3n) is 18.4. The molecule has 2 aliphatic rings. The summed E-state index contributed by atoms with van der Waals surface area (Å²) in [6, 6.07) is 38.2. The molecule has 6 aromatic rings. The van der Waals surface area contributed by atoms with Crippen molar-refractivity contribution in [3.05, 3.63) is 200 Å². The first-order valence-electron chi connectivity index (χ1n) is 37.5. The molecule has 2 aliphatic heterocycles. The van der Waals surface area contributed by atoms with Gasteiger partial charge < -0.3 is 80.8 Å². The van der Waals surface area contributed by atoms with E-state index >= 15 is 0 Å². The molecule has 0 radical (unpaired) electrons. The van der Waals surface area contributed by atoms with Crippen molar-refractivity contribution in [3.63, 3.8) is 0 Å². The fourth-order valence-corrected chi connectivity index (χ4v) is 12.4. The number of carbonyl (C=O) groups excluding carboxylic acids is 8. The normalized spacial score (nSPS) is 16.5. The van der Waals surface area contributed by atoms with Gasteiger partial charge in [-0.25, -0.2) is 0 Å². The lowest BCUT2D eigenvalue weighted by Gasteiger charge is -2.30. The maximum Gasteiger partial charge on any atom is 0.255 e. The van der Waals surface area contributed by atoms with Crippen molar-refractivity contribution < 1.29 is 76.6 Å². The standard InChI is InChI=1S/C81H108N12O16/c1-5-46-104-51-52-105-47-44-90-36-28-82-74(95)64-20-12-22-66(59(64)2)76(97)84-32-40-92(42-34-88-80(101)70-26-14-24-68(78(99)86-30-38-90)72(70)108-57-61-16-8-6-9-17-61)55-63(94)56-93-41-33-85-77(98)67-23-13-21-65(60(67)3)75(96)83-29-37-91(45-48-106-53-54-107-50-49-103-4)39-31-87-79(100)69-25-15-27-71(81(102)89-35-43-93)73(69)109-58-62-18-10-7-11-19-62/h6-27,63,94H,5,28-58H2,1-4H3,(H,82,95)(H,83,96)(H,84,97)(H,85,98)(H,86,99)(H,87,100)(H,88,101)(H,89,102). The van der Waals surface area contributed by atoms with Gasteiger partial charge in [-0.2, -0.15) is 0 Å². The Hall–Kier alpha value is -9.72. The molecule has 0 saturated heterocycles. The Kier molecular flexibility index (Phi) is 36.8. The molecule has 6 aromatic carbocycles. The van der Waals surface area contributed by atoms with Crippen LogP contribution in [0.1, 0.15) is 118 Å². The summed E-state index contributed by atoms with van der Waals surface area (Å²) in [4.78, 5) is 122. The van der Waals surface area contributed by atoms with Crippen molar-refractivity contribution in [1.82, 2.24) is 62.1 Å². The number of ether oxygens (including phenoxy) is 7. The zero-order valence-corrected chi connectivity index (χ0v) is 63.3. The first-order chi connectivity index (χ1) is 53.1. The molecule has 8 amide bonds. The number of nitrogens with zero attached hydrogens (tertiary/aromatic N) is 4. The zero-order chi connectivity index (χ0) is 77.4. The fraction of sp³-hybridized carbons (Fsp3) is 0.457. The number of β-amino-alcohol motifs (C(OH)–C–C–N with tert-alkyl or cyclic N) is 1. The Labute approximate surface area is 638 Å². The molecule has 1 unspecified atom stereocenters. The Morgan fingerprint density at radius 2 is 0.587 bits per heavy atom. The zero-order valence-electron chi connectivity index (χ0n) is 63.3. The second-order valence-electron chi connectivity index (χ2n) is 26.3. The summed E-state index contributed by atoms with van der Waals surface area (Å²) < 4.78 is 40.7. The summed E-state index contributed by atoms with van der Waals surface area (Å²) in [5.74, 6) is -3.49. The van der Waals surface area contributed by atoms with Gasteiger partial charge in [-0.05, 0) is 91.1 Å². The summed E-state index contributed by atoms with van der Waals surface area (Å²) >= 11 is 0. The molecule has 28 heteroatoms. The van der Waals surface area contributed by atoms with Gasteiger partial charge in [-0.3, -0.25) is 58.0 Å². The van der Waals surface area contributed by atoms with Gasteiger partial charge in [0.1, 0.15) is 24.7 Å². The van der Waals surface area contributed by atoms with Gasteiger partial charge in [0, 0.05) is 167 Å². The second-order valence-corrected chi connectivity index (χ2v) is 26.3. The molecule has 0 saturated carbocycles. The highest BCUT2D eigenvalue weighted by atomic mass is 16.5. The number of carbonyl (C=O) groups is 8. The number of aliphatic hydroxyl groups is 1. The second kappa shape index (κ2) is 47.3. The van der Waals surface area contributed by atoms with E-state index in [-0.39, 0.29) is 162 Å². The summed E-state index contributed by atoms with van der Waals surface area (Å²) in [6.45, 7) is 13.5. The third-order valence-corrected chi connectivity index (χ3v) is 18.4. The highest BCUT2D eigenvalue weighted by Gasteiger charge is 2.27. The lowest BCUT2D eigenvalue weighted by Crippen LogP contribution is -2.47. The first-order valence-corrected chi connectivity index (χ1v) is 37.5. The molecule has 109 heavy (non-hydrogen) atoms. The summed E-state index contributed by atoms with van der Waals surface area (Å²) in [5, 5.41) is 36.3. The molecule has 0 fully saturated rings. The molecule has 588 valence electrons. The van der Waals surface area contributed by atoms with Crippen LogP contribution in [0.2, 0.25) is 0 Å². The Morgan fingerprint density at radius 3 is 0.881 bits per heavy atom. The number of aliphatic hydroxyl groups excluding tert-OH is 1. The van der Waals surface area contributed by atoms with E-state index in [0.29, 0.717) is 121 Å². The van der Waals surface area contributed by atoms with Crippen LogP contribution in [0.4, 0.5) is 0 Å². The van der Waals surface area contributed by atoms with E-state index < -0.39 is 41.5 Å². The lowest BCUT2D eigenvalue weighted by molar-refractivity contribution is 0.0196. The number of nitrogens with one attached hydrogen (secondary N) is 8. The summed E-state index contributed by atoms with van der Waals surface area (Å²) in [7, 11) is 1.60. The van der Waals surface area contributed by atoms with Crippen molar-refractivity contribution in [3.8, 4) is 11.5 Å². The number of hydrogen-bond acceptors (Lipinski definition) is 20. The van der Waals surface area contributed by atoms with E-state index in [9.17, 15) is 43.5 Å². The van der Waals surface area contributed by atoms with Crippen molar-refractivity contribution in [2.75, 3.05) is 197 Å². The van der Waals surface area contributed by atoms with Crippen LogP contribution in [0.5, 0.6) is 11.5 Å². The minimum atomic E-state index is -1.12. The summed E-state index contributed by atoms with van der Waals surface area (Å²) in [5.41, 5.74) is 4.22. The molecular formula is C81H108N12O16. The number of hydrogen-bond donors (Lipinski definition) is 9. The van der Waals surface area contributed by atoms with E-state index in [1.54, 1.807) is 93.8 Å². The van der Waals surface area contributed by atoms with Crippen LogP contribution in [0.15, 0.2) is 133 Å². The fourth-order valence-electron chi connectivity index (χ4n) is 12.4. The van der Waals surface area contributed by atoms with Crippen LogP contribution in [0.25, 0.3) is 0 Å². The number of fused-ring (bicyclic) bond motifs is 8. The number of rotatable bonds is 27. The average molecular weight is 1510 g/mol. The largest absolute Gasteiger partial charge is 0.487 e. The number of para-hydroxylation sites is 2. The molecule has 28 nitrogen and oxygen atoms in total. The van der Waals surface area contributed by atoms with Gasteiger partial charge in [0.2, 0.25) is 0 Å². The van der Waals surface area contributed by atoms with Crippen molar-refractivity contribution in [2.45, 2.75) is 46.5 Å². The SMILES string of the molecule is CCCOCCOCCN1CCNC(=O)c2cccc(c2C)C(=O)NCCN(CC(O)CN2CCNC(=O)c3cccc(c3C)C(=O)NCCN(CCOCCOCCOC)CCNC(=O)c3cccc(c3OCc3ccccc3)C(=O)NCC2)CCNC(=O)c2cccc(c2OCc2ccccc2)C(=O)NCC1. The van der Waals surface area contributed by atoms with Gasteiger partial charge in [-0.1, -0.05) is 91.9 Å². The van der Waals surface area contributed by atoms with Gasteiger partial charge in [0.25, 0.3) is 47.3 Å². The Morgan fingerprint density at radius 1 is 0.330 bits per heavy atom. The van der Waals surface area contributed by atoms with Gasteiger partial charge in [-0.15, -0.1) is 0 Å². The molecule has 0 aromatic heterocycles. The first kappa shape index (κ1) is 84.9. The van der Waals surface area contributed by atoms with Crippen LogP contribution >= 0.6 is 0 Å². The van der Waals surface area contributed by atoms with E-state index in [1.807, 2.05) is 82.3 Å². The monoisotopic (exact) mass is 1500 g/mol. The highest BCUT2D eigenvalue weighted by molar-refractivity contribution is 6.06. The van der Waals surface area contributed by atoms with Gasteiger partial charge >= 0.3 is 0 Å². The van der Waals surface area contributed by atoms with Crippen LogP contribution in [0, 0.1) is 13.8 Å². The minimum absolute atomic E-state index is 0.00146. The van der Waals surface area contributed by atoms with E-state index in [0.717, 1.165) is 17.5 Å². The lowest BCUT2D eigenvalue weighted by atomic mass is 10.0. The summed E-state index contributed by atoms with van der Waals surface area (Å²) in [6.07, 6.45) is -0.228. The smallest absolute Gasteiger partial charge is 0.255 e. The van der Waals surface area contributed by atoms with Gasteiger partial charge in [0.05, 0.1) is 81.2 Å². The van der Waals surface area contributed by atoms with Crippen molar-refractivity contribution in [1.29, 1.82) is 0 Å². The van der Waals surface area contributed by atoms with Crippen LogP contribution < -0.4 is 52.0 Å². The molecule has 2 heterocycles. The minimum Gasteiger partial charge on any atom is -0.487 e. The number of benzene rings is 6. The third kappa shape index (κ3) is 28.3. The topological polar surface area (TPSA) is 331 Å². The van der Waals surface area contributed by atoms with E-state index in [1.165, 1.54) is 0 Å². The number of amides is 8. The maximum atomic E-state index is 14.5. The van der Waals surface area contributed by atoms with Crippen LogP contribution in [0.3, 0.4) is 0 Å². The highest BCUT2D eigenvalue weighted by Crippen LogP contribution is 2.28. The molecule has 0 spiro atoms.